The number of hydroxylamine groups is 1. The lowest BCUT2D eigenvalue weighted by Gasteiger charge is -2.04. The summed E-state index contributed by atoms with van der Waals surface area (Å²) >= 11 is 0. The Bertz CT molecular complexity index is 781. The average molecular weight is 336 g/mol. The first-order chi connectivity index (χ1) is 12.1. The van der Waals surface area contributed by atoms with Gasteiger partial charge in [0.05, 0.1) is 6.54 Å². The van der Waals surface area contributed by atoms with Crippen molar-refractivity contribution in [1.29, 1.82) is 0 Å². The highest BCUT2D eigenvalue weighted by molar-refractivity contribution is 5.93. The number of amides is 1. The molecule has 0 aliphatic carbocycles. The topological polar surface area (TPSA) is 86.1 Å². The number of rotatable bonds is 5. The van der Waals surface area contributed by atoms with Crippen LogP contribution in [0.5, 0.6) is 0 Å². The number of nitrogens with zero attached hydrogens (tertiary/aromatic N) is 2. The summed E-state index contributed by atoms with van der Waals surface area (Å²) < 4.78 is 0. The first-order valence-corrected chi connectivity index (χ1v) is 7.67. The minimum absolute atomic E-state index is 0.283. The van der Waals surface area contributed by atoms with E-state index in [4.69, 9.17) is 5.21 Å². The van der Waals surface area contributed by atoms with Gasteiger partial charge in [-0.1, -0.05) is 54.6 Å². The second-order valence-corrected chi connectivity index (χ2v) is 5.27. The van der Waals surface area contributed by atoms with Crippen LogP contribution in [0.1, 0.15) is 12.5 Å². The summed E-state index contributed by atoms with van der Waals surface area (Å²) in [5, 5.41) is 11.3. The number of carbonyl (C=O) groups is 1. The van der Waals surface area contributed by atoms with E-state index in [0.29, 0.717) is 6.54 Å². The van der Waals surface area contributed by atoms with Gasteiger partial charge in [-0.15, -0.1) is 0 Å². The number of nitrogens with one attached hydrogen (secondary N) is 2. The van der Waals surface area contributed by atoms with Gasteiger partial charge in [0, 0.05) is 11.8 Å². The van der Waals surface area contributed by atoms with Gasteiger partial charge in [-0.2, -0.15) is 0 Å². The molecule has 3 N–H and O–H groups in total. The zero-order valence-corrected chi connectivity index (χ0v) is 13.9. The summed E-state index contributed by atoms with van der Waals surface area (Å²) in [6.07, 6.45) is 1.40. The van der Waals surface area contributed by atoms with Crippen LogP contribution in [0.2, 0.25) is 0 Å². The Kier molecular flexibility index (Phi) is 6.62. The summed E-state index contributed by atoms with van der Waals surface area (Å²) in [5.74, 6) is -0.315. The molecule has 128 valence electrons. The van der Waals surface area contributed by atoms with Crippen LogP contribution in [0.25, 0.3) is 11.1 Å². The lowest BCUT2D eigenvalue weighted by molar-refractivity contribution is -0.125. The summed E-state index contributed by atoms with van der Waals surface area (Å²) in [7, 11) is 0. The van der Waals surface area contributed by atoms with E-state index in [1.807, 2.05) is 42.5 Å². The highest BCUT2D eigenvalue weighted by Crippen LogP contribution is 2.19. The van der Waals surface area contributed by atoms with E-state index in [9.17, 15) is 4.79 Å². The lowest BCUT2D eigenvalue weighted by Crippen LogP contribution is -2.22. The maximum Gasteiger partial charge on any atom is 0.271 e. The summed E-state index contributed by atoms with van der Waals surface area (Å²) in [5.41, 5.74) is 5.16. The van der Waals surface area contributed by atoms with Crippen LogP contribution in [0.15, 0.2) is 76.4 Å². The number of benzene rings is 2. The van der Waals surface area contributed by atoms with Gasteiger partial charge >= 0.3 is 0 Å². The molecule has 0 aromatic heterocycles. The predicted octanol–water partition coefficient (Wildman–Crippen LogP) is 2.91. The molecule has 0 saturated carbocycles. The quantitative estimate of drug-likeness (QED) is 0.258. The highest BCUT2D eigenvalue weighted by atomic mass is 16.5. The molecule has 0 atom stereocenters. The molecule has 2 aromatic rings. The molecule has 0 bridgehead atoms. The Labute approximate surface area is 146 Å². The third kappa shape index (κ3) is 5.40. The molecule has 0 fully saturated rings. The Morgan fingerprint density at radius 1 is 1.12 bits per heavy atom. The zero-order valence-electron chi connectivity index (χ0n) is 13.9. The minimum Gasteiger partial charge on any atom is -0.331 e. The van der Waals surface area contributed by atoms with E-state index in [2.05, 4.69) is 34.2 Å². The van der Waals surface area contributed by atoms with E-state index < -0.39 is 5.91 Å². The highest BCUT2D eigenvalue weighted by Gasteiger charge is 2.02. The fourth-order valence-electron chi connectivity index (χ4n) is 2.07. The van der Waals surface area contributed by atoms with E-state index in [-0.39, 0.29) is 11.5 Å². The van der Waals surface area contributed by atoms with Gasteiger partial charge in [0.15, 0.2) is 0 Å². The first-order valence-electron chi connectivity index (χ1n) is 7.67. The molecule has 0 aliphatic rings. The Balaban J connectivity index is 2.01. The van der Waals surface area contributed by atoms with Crippen molar-refractivity contribution >= 4 is 18.6 Å². The fourth-order valence-corrected chi connectivity index (χ4v) is 2.07. The number of aliphatic imine (C=N–C) groups is 2. The monoisotopic (exact) mass is 336 g/mol. The molecule has 0 unspecified atom stereocenters. The third-order valence-corrected chi connectivity index (χ3v) is 3.50. The number of carbonyl (C=O) groups excluding carboxylic acids is 1. The number of hydrogen-bond donors (Lipinski definition) is 3. The van der Waals surface area contributed by atoms with Crippen LogP contribution in [-0.2, 0) is 11.3 Å². The molecule has 1 amide bonds. The van der Waals surface area contributed by atoms with Crippen LogP contribution in [0, 0.1) is 0 Å². The Hall–Kier alpha value is -3.25. The van der Waals surface area contributed by atoms with Gasteiger partial charge in [-0.05, 0) is 30.3 Å². The third-order valence-electron chi connectivity index (χ3n) is 3.50. The number of guanidine groups is 1. The van der Waals surface area contributed by atoms with Gasteiger partial charge in [0.25, 0.3) is 5.91 Å². The maximum absolute atomic E-state index is 11.2. The largest absolute Gasteiger partial charge is 0.331 e. The molecule has 6 heteroatoms. The van der Waals surface area contributed by atoms with E-state index in [1.165, 1.54) is 6.20 Å². The van der Waals surface area contributed by atoms with E-state index >= 15 is 0 Å². The molecule has 0 saturated heterocycles. The summed E-state index contributed by atoms with van der Waals surface area (Å²) in [6.45, 7) is 5.42. The second kappa shape index (κ2) is 9.14. The van der Waals surface area contributed by atoms with Crippen LogP contribution in [-0.4, -0.2) is 23.8 Å². The molecule has 25 heavy (non-hydrogen) atoms. The van der Waals surface area contributed by atoms with Crippen LogP contribution in [0.4, 0.5) is 0 Å². The molecule has 0 spiro atoms. The first kappa shape index (κ1) is 18.1. The summed E-state index contributed by atoms with van der Waals surface area (Å²) in [4.78, 5) is 19.3. The van der Waals surface area contributed by atoms with Crippen LogP contribution in [0.3, 0.4) is 0 Å². The van der Waals surface area contributed by atoms with Crippen LogP contribution >= 0.6 is 0 Å². The Morgan fingerprint density at radius 3 is 2.36 bits per heavy atom. The minimum atomic E-state index is -0.604. The van der Waals surface area contributed by atoms with Gasteiger partial charge in [-0.25, -0.2) is 15.5 Å². The Morgan fingerprint density at radius 2 is 1.76 bits per heavy atom. The van der Waals surface area contributed by atoms with E-state index in [1.54, 1.807) is 12.4 Å². The smallest absolute Gasteiger partial charge is 0.271 e. The zero-order chi connectivity index (χ0) is 18.1. The van der Waals surface area contributed by atoms with Crippen molar-refractivity contribution < 1.29 is 10.0 Å². The van der Waals surface area contributed by atoms with Crippen molar-refractivity contribution in [2.75, 3.05) is 0 Å². The van der Waals surface area contributed by atoms with Gasteiger partial charge < -0.3 is 5.32 Å². The normalized spacial score (nSPS) is 11.8. The molecule has 0 heterocycles. The molecule has 6 nitrogen and oxygen atoms in total. The molecule has 0 aliphatic heterocycles. The van der Waals surface area contributed by atoms with Crippen molar-refractivity contribution in [3.8, 4) is 11.1 Å². The predicted molar refractivity (Wildman–Crippen MR) is 99.4 cm³/mol. The fraction of sp³-hybridized carbons (Fsp3) is 0.105. The van der Waals surface area contributed by atoms with Gasteiger partial charge in [0.2, 0.25) is 5.96 Å². The summed E-state index contributed by atoms with van der Waals surface area (Å²) in [6, 6.07) is 18.2. The van der Waals surface area contributed by atoms with Crippen molar-refractivity contribution in [2.24, 2.45) is 9.98 Å². The molecule has 0 radical (unpaired) electrons. The maximum atomic E-state index is 11.2. The van der Waals surface area contributed by atoms with Gasteiger partial charge in [0.1, 0.15) is 0 Å². The van der Waals surface area contributed by atoms with Crippen molar-refractivity contribution in [1.82, 2.24) is 10.8 Å². The molecule has 2 rings (SSSR count). The number of hydrogen-bond acceptors (Lipinski definition) is 3. The SMILES string of the molecule is C=NC(=NCc1ccc(-c2ccccc2)cc1)N/C=C(\C)C(=O)NO. The van der Waals surface area contributed by atoms with Crippen molar-refractivity contribution in [2.45, 2.75) is 13.5 Å². The molecule has 2 aromatic carbocycles. The second-order valence-electron chi connectivity index (χ2n) is 5.27. The van der Waals surface area contributed by atoms with Crippen LogP contribution < -0.4 is 10.8 Å². The lowest BCUT2D eigenvalue weighted by atomic mass is 10.0. The molecular formula is C19H20N4O2. The van der Waals surface area contributed by atoms with E-state index in [0.717, 1.165) is 16.7 Å². The van der Waals surface area contributed by atoms with Crippen molar-refractivity contribution in [3.05, 3.63) is 71.9 Å². The molecular weight excluding hydrogens is 316 g/mol. The average Bonchev–Trinajstić information content (AvgIpc) is 2.68. The standard InChI is InChI=1S/C19H20N4O2/c1-14(18(24)23-25)12-21-19(20-2)22-13-15-8-10-17(11-9-15)16-6-4-3-5-7-16/h3-12,25H,2,13H2,1H3,(H,21,22)(H,23,24)/b14-12+. The van der Waals surface area contributed by atoms with Crippen molar-refractivity contribution in [3.63, 3.8) is 0 Å². The van der Waals surface area contributed by atoms with Gasteiger partial charge in [-0.3, -0.25) is 10.0 Å².